The number of carbonyl (C=O) groups excluding carboxylic acids is 2. The number of hydrogen-bond acceptors (Lipinski definition) is 5. The maximum absolute atomic E-state index is 13.0. The number of benzene rings is 3. The number of ether oxygens (including phenoxy) is 2. The Kier molecular flexibility index (Phi) is 7.31. The summed E-state index contributed by atoms with van der Waals surface area (Å²) in [4.78, 5) is 24.0. The first-order valence-electron chi connectivity index (χ1n) is 9.30. The lowest BCUT2D eigenvalue weighted by Gasteiger charge is -2.08. The molecule has 7 nitrogen and oxygen atoms in total. The maximum atomic E-state index is 13.0. The zero-order chi connectivity index (χ0) is 22.1. The van der Waals surface area contributed by atoms with E-state index >= 15 is 0 Å². The highest BCUT2D eigenvalue weighted by molar-refractivity contribution is 6.39. The number of anilines is 1. The second-order valence-electron chi connectivity index (χ2n) is 6.34. The number of rotatable bonds is 7. The molecule has 3 aromatic carbocycles. The van der Waals surface area contributed by atoms with Gasteiger partial charge in [0.05, 0.1) is 19.0 Å². The third-order valence-corrected chi connectivity index (χ3v) is 4.12. The Morgan fingerprint density at radius 1 is 1.00 bits per heavy atom. The van der Waals surface area contributed by atoms with Gasteiger partial charge in [0.1, 0.15) is 23.9 Å². The fraction of sp³-hybridized carbons (Fsp3) is 0.0870. The molecule has 2 amide bonds. The first-order valence-corrected chi connectivity index (χ1v) is 9.30. The number of hydrogen-bond donors (Lipinski definition) is 2. The largest absolute Gasteiger partial charge is 0.495 e. The molecule has 0 saturated heterocycles. The lowest BCUT2D eigenvalue weighted by molar-refractivity contribution is -0.136. The number of nitrogens with zero attached hydrogens (tertiary/aromatic N) is 1. The highest BCUT2D eigenvalue weighted by atomic mass is 19.1. The van der Waals surface area contributed by atoms with Crippen molar-refractivity contribution in [3.8, 4) is 11.5 Å². The van der Waals surface area contributed by atoms with Crippen molar-refractivity contribution in [3.05, 3.63) is 89.7 Å². The summed E-state index contributed by atoms with van der Waals surface area (Å²) < 4.78 is 23.8. The molecule has 158 valence electrons. The third-order valence-electron chi connectivity index (χ3n) is 4.12. The van der Waals surface area contributed by atoms with Gasteiger partial charge in [0.15, 0.2) is 0 Å². The van der Waals surface area contributed by atoms with Gasteiger partial charge in [0.2, 0.25) is 0 Å². The van der Waals surface area contributed by atoms with Crippen LogP contribution in [0.5, 0.6) is 11.5 Å². The molecule has 2 N–H and O–H groups in total. The average molecular weight is 421 g/mol. The van der Waals surface area contributed by atoms with Crippen molar-refractivity contribution in [2.75, 3.05) is 12.4 Å². The van der Waals surface area contributed by atoms with Gasteiger partial charge in [-0.25, -0.2) is 9.82 Å². The Morgan fingerprint density at radius 2 is 1.77 bits per heavy atom. The molecule has 0 spiro atoms. The zero-order valence-electron chi connectivity index (χ0n) is 16.7. The van der Waals surface area contributed by atoms with Crippen LogP contribution in [0.1, 0.15) is 11.1 Å². The molecule has 0 aliphatic carbocycles. The van der Waals surface area contributed by atoms with Crippen LogP contribution in [0.25, 0.3) is 0 Å². The number of carbonyl (C=O) groups is 2. The Labute approximate surface area is 178 Å². The zero-order valence-corrected chi connectivity index (χ0v) is 16.7. The maximum Gasteiger partial charge on any atom is 0.329 e. The topological polar surface area (TPSA) is 89.0 Å². The van der Waals surface area contributed by atoms with Crippen molar-refractivity contribution in [1.82, 2.24) is 5.43 Å². The monoisotopic (exact) mass is 421 g/mol. The smallest absolute Gasteiger partial charge is 0.329 e. The van der Waals surface area contributed by atoms with Crippen LogP contribution in [0, 0.1) is 5.82 Å². The average Bonchev–Trinajstić information content (AvgIpc) is 2.79. The lowest BCUT2D eigenvalue weighted by atomic mass is 10.2. The minimum absolute atomic E-state index is 0.279. The minimum atomic E-state index is -0.925. The van der Waals surface area contributed by atoms with Gasteiger partial charge in [0, 0.05) is 0 Å². The highest BCUT2D eigenvalue weighted by Gasteiger charge is 2.14. The number of para-hydroxylation sites is 2. The SMILES string of the molecule is COc1ccccc1NC(=O)C(=O)N/N=C\c1cccc(OCc2ccc(F)cc2)c1. The summed E-state index contributed by atoms with van der Waals surface area (Å²) in [6, 6.07) is 19.8. The van der Waals surface area contributed by atoms with Gasteiger partial charge in [-0.3, -0.25) is 9.59 Å². The van der Waals surface area contributed by atoms with E-state index in [1.165, 1.54) is 25.5 Å². The van der Waals surface area contributed by atoms with E-state index in [2.05, 4.69) is 15.8 Å². The minimum Gasteiger partial charge on any atom is -0.495 e. The molecule has 0 fully saturated rings. The summed E-state index contributed by atoms with van der Waals surface area (Å²) in [5.74, 6) is -1.09. The normalized spacial score (nSPS) is 10.5. The molecule has 31 heavy (non-hydrogen) atoms. The standard InChI is InChI=1S/C23H20FN3O4/c1-30-21-8-3-2-7-20(21)26-22(28)23(29)27-25-14-17-5-4-6-19(13-17)31-15-16-9-11-18(24)12-10-16/h2-14H,15H2,1H3,(H,26,28)(H,27,29)/b25-14-. The fourth-order valence-corrected chi connectivity index (χ4v) is 2.58. The van der Waals surface area contributed by atoms with Gasteiger partial charge >= 0.3 is 11.8 Å². The molecule has 0 unspecified atom stereocenters. The quantitative estimate of drug-likeness (QED) is 0.347. The van der Waals surface area contributed by atoms with Gasteiger partial charge < -0.3 is 14.8 Å². The molecular weight excluding hydrogens is 401 g/mol. The molecule has 0 aliphatic rings. The lowest BCUT2D eigenvalue weighted by Crippen LogP contribution is -2.32. The Morgan fingerprint density at radius 3 is 2.55 bits per heavy atom. The molecule has 0 bridgehead atoms. The van der Waals surface area contributed by atoms with Crippen LogP contribution in [0.15, 0.2) is 77.9 Å². The van der Waals surface area contributed by atoms with Crippen molar-refractivity contribution in [2.45, 2.75) is 6.61 Å². The first kappa shape index (κ1) is 21.5. The van der Waals surface area contributed by atoms with Crippen LogP contribution in [0.2, 0.25) is 0 Å². The molecule has 0 aromatic heterocycles. The van der Waals surface area contributed by atoms with E-state index in [9.17, 15) is 14.0 Å². The summed E-state index contributed by atoms with van der Waals surface area (Å²) in [7, 11) is 1.47. The van der Waals surface area contributed by atoms with Crippen molar-refractivity contribution in [1.29, 1.82) is 0 Å². The molecule has 0 atom stereocenters. The predicted octanol–water partition coefficient (Wildman–Crippen LogP) is 3.50. The van der Waals surface area contributed by atoms with E-state index in [0.717, 1.165) is 5.56 Å². The second-order valence-corrected chi connectivity index (χ2v) is 6.34. The van der Waals surface area contributed by atoms with E-state index in [1.54, 1.807) is 60.7 Å². The molecule has 0 radical (unpaired) electrons. The predicted molar refractivity (Wildman–Crippen MR) is 115 cm³/mol. The number of nitrogens with one attached hydrogen (secondary N) is 2. The van der Waals surface area contributed by atoms with Crippen LogP contribution < -0.4 is 20.2 Å². The first-order chi connectivity index (χ1) is 15.0. The highest BCUT2D eigenvalue weighted by Crippen LogP contribution is 2.22. The summed E-state index contributed by atoms with van der Waals surface area (Å²) in [6.07, 6.45) is 1.39. The second kappa shape index (κ2) is 10.5. The van der Waals surface area contributed by atoms with Gasteiger partial charge in [-0.2, -0.15) is 5.10 Å². The molecule has 8 heteroatoms. The Bertz CT molecular complexity index is 1080. The number of hydrazone groups is 1. The molecule has 3 aromatic rings. The summed E-state index contributed by atoms with van der Waals surface area (Å²) in [5.41, 5.74) is 4.03. The van der Waals surface area contributed by atoms with E-state index in [-0.39, 0.29) is 12.4 Å². The van der Waals surface area contributed by atoms with E-state index in [4.69, 9.17) is 9.47 Å². The summed E-state index contributed by atoms with van der Waals surface area (Å²) in [5, 5.41) is 6.26. The van der Waals surface area contributed by atoms with E-state index < -0.39 is 11.8 Å². The van der Waals surface area contributed by atoms with Crippen molar-refractivity contribution >= 4 is 23.7 Å². The summed E-state index contributed by atoms with van der Waals surface area (Å²) >= 11 is 0. The molecule has 3 rings (SSSR count). The summed E-state index contributed by atoms with van der Waals surface area (Å²) in [6.45, 7) is 0.279. The van der Waals surface area contributed by atoms with Crippen molar-refractivity contribution in [2.24, 2.45) is 5.10 Å². The van der Waals surface area contributed by atoms with Crippen LogP contribution in [-0.2, 0) is 16.2 Å². The van der Waals surface area contributed by atoms with Crippen LogP contribution >= 0.6 is 0 Å². The van der Waals surface area contributed by atoms with Crippen LogP contribution in [0.4, 0.5) is 10.1 Å². The van der Waals surface area contributed by atoms with E-state index in [1.807, 2.05) is 0 Å². The van der Waals surface area contributed by atoms with Crippen LogP contribution in [-0.4, -0.2) is 25.1 Å². The van der Waals surface area contributed by atoms with Crippen molar-refractivity contribution in [3.63, 3.8) is 0 Å². The molecule has 0 heterocycles. The molecular formula is C23H20FN3O4. The third kappa shape index (κ3) is 6.40. The van der Waals surface area contributed by atoms with Gasteiger partial charge in [-0.1, -0.05) is 36.4 Å². The van der Waals surface area contributed by atoms with E-state index in [0.29, 0.717) is 22.7 Å². The van der Waals surface area contributed by atoms with Gasteiger partial charge in [-0.05, 0) is 47.5 Å². The van der Waals surface area contributed by atoms with Gasteiger partial charge in [0.25, 0.3) is 0 Å². The Balaban J connectivity index is 1.53. The molecule has 0 saturated carbocycles. The number of methoxy groups -OCH3 is 1. The number of amides is 2. The number of halogens is 1. The van der Waals surface area contributed by atoms with Crippen molar-refractivity contribution < 1.29 is 23.5 Å². The van der Waals surface area contributed by atoms with Crippen LogP contribution in [0.3, 0.4) is 0 Å². The van der Waals surface area contributed by atoms with Gasteiger partial charge in [-0.15, -0.1) is 0 Å². The molecule has 0 aliphatic heterocycles. The Hall–Kier alpha value is -4.20. The fourth-order valence-electron chi connectivity index (χ4n) is 2.58.